The quantitative estimate of drug-likeness (QED) is 0.529. The van der Waals surface area contributed by atoms with E-state index in [9.17, 15) is 4.79 Å². The Morgan fingerprint density at radius 2 is 2.23 bits per heavy atom. The van der Waals surface area contributed by atoms with Gasteiger partial charge in [-0.25, -0.2) is 0 Å². The van der Waals surface area contributed by atoms with Crippen LogP contribution in [0.3, 0.4) is 0 Å². The van der Waals surface area contributed by atoms with Crippen molar-refractivity contribution in [1.29, 1.82) is 0 Å². The van der Waals surface area contributed by atoms with Crippen LogP contribution >= 0.6 is 22.9 Å². The Morgan fingerprint density at radius 3 is 3.07 bits per heavy atom. The molecule has 0 radical (unpaired) electrons. The molecular formula is C21H23ClN4O3S. The van der Waals surface area contributed by atoms with Gasteiger partial charge in [-0.1, -0.05) is 35.0 Å². The fraction of sp³-hybridized carbons (Fsp3) is 0.381. The van der Waals surface area contributed by atoms with E-state index in [2.05, 4.69) is 20.4 Å². The summed E-state index contributed by atoms with van der Waals surface area (Å²) >= 11 is 7.65. The molecule has 158 valence electrons. The molecule has 1 aliphatic rings. The lowest BCUT2D eigenvalue weighted by atomic mass is 9.97. The number of ether oxygens (including phenoxy) is 1. The third-order valence-corrected chi connectivity index (χ3v) is 6.12. The Balaban J connectivity index is 1.22. The number of para-hydroxylation sites is 1. The van der Waals surface area contributed by atoms with Crippen molar-refractivity contribution in [3.63, 3.8) is 0 Å². The fourth-order valence-corrected chi connectivity index (χ4v) is 4.31. The van der Waals surface area contributed by atoms with Crippen LogP contribution in [0.2, 0.25) is 5.02 Å². The van der Waals surface area contributed by atoms with Crippen molar-refractivity contribution in [3.05, 3.63) is 52.7 Å². The molecule has 0 bridgehead atoms. The predicted octanol–water partition coefficient (Wildman–Crippen LogP) is 3.86. The summed E-state index contributed by atoms with van der Waals surface area (Å²) in [4.78, 5) is 20.2. The van der Waals surface area contributed by atoms with Gasteiger partial charge in [0, 0.05) is 6.54 Å². The van der Waals surface area contributed by atoms with Gasteiger partial charge in [-0.3, -0.25) is 9.69 Å². The normalized spacial score (nSPS) is 17.0. The summed E-state index contributed by atoms with van der Waals surface area (Å²) in [6.07, 6.45) is 1.83. The van der Waals surface area contributed by atoms with E-state index < -0.39 is 0 Å². The Hall–Kier alpha value is -2.42. The first-order valence-corrected chi connectivity index (χ1v) is 11.2. The molecule has 1 aliphatic heterocycles. The maximum Gasteiger partial charge on any atom is 0.241 e. The first-order chi connectivity index (χ1) is 14.7. The largest absolute Gasteiger partial charge is 0.490 e. The highest BCUT2D eigenvalue weighted by Gasteiger charge is 2.26. The summed E-state index contributed by atoms with van der Waals surface area (Å²) in [6.45, 7) is 2.95. The number of carbonyl (C=O) groups is 1. The number of nitrogens with zero attached hydrogens (tertiary/aromatic N) is 3. The van der Waals surface area contributed by atoms with Crippen LogP contribution in [0.15, 0.2) is 46.3 Å². The van der Waals surface area contributed by atoms with E-state index in [0.29, 0.717) is 48.7 Å². The van der Waals surface area contributed by atoms with Gasteiger partial charge in [-0.15, -0.1) is 11.3 Å². The molecule has 3 aromatic rings. The number of aromatic nitrogens is 2. The van der Waals surface area contributed by atoms with Crippen LogP contribution in [0.5, 0.6) is 5.75 Å². The van der Waals surface area contributed by atoms with Gasteiger partial charge >= 0.3 is 0 Å². The summed E-state index contributed by atoms with van der Waals surface area (Å²) in [6, 6.07) is 11.2. The lowest BCUT2D eigenvalue weighted by molar-refractivity contribution is -0.126. The molecule has 1 aromatic carbocycles. The molecule has 1 fully saturated rings. The number of amides is 1. The topological polar surface area (TPSA) is 80.5 Å². The van der Waals surface area contributed by atoms with E-state index in [-0.39, 0.29) is 11.8 Å². The summed E-state index contributed by atoms with van der Waals surface area (Å²) in [7, 11) is 0. The second kappa shape index (κ2) is 10.1. The zero-order chi connectivity index (χ0) is 20.8. The second-order valence-electron chi connectivity index (χ2n) is 7.13. The van der Waals surface area contributed by atoms with E-state index in [0.717, 1.165) is 24.3 Å². The Morgan fingerprint density at radius 1 is 1.33 bits per heavy atom. The fourth-order valence-electron chi connectivity index (χ4n) is 3.47. The number of hydrogen-bond acceptors (Lipinski definition) is 7. The van der Waals surface area contributed by atoms with E-state index in [1.54, 1.807) is 17.4 Å². The predicted molar refractivity (Wildman–Crippen MR) is 116 cm³/mol. The maximum atomic E-state index is 12.6. The third kappa shape index (κ3) is 5.38. The minimum absolute atomic E-state index is 0.0484. The van der Waals surface area contributed by atoms with Gasteiger partial charge in [-0.05, 0) is 43.0 Å². The van der Waals surface area contributed by atoms with Crippen molar-refractivity contribution >= 4 is 28.8 Å². The van der Waals surface area contributed by atoms with Crippen molar-refractivity contribution in [2.24, 2.45) is 5.92 Å². The van der Waals surface area contributed by atoms with Gasteiger partial charge in [0.2, 0.25) is 17.6 Å². The number of benzene rings is 1. The average molecular weight is 447 g/mol. The van der Waals surface area contributed by atoms with Crippen molar-refractivity contribution in [2.45, 2.75) is 19.4 Å². The van der Waals surface area contributed by atoms with Crippen LogP contribution in [0.25, 0.3) is 10.7 Å². The van der Waals surface area contributed by atoms with Crippen molar-refractivity contribution in [2.75, 3.05) is 26.2 Å². The van der Waals surface area contributed by atoms with Crippen molar-refractivity contribution in [3.8, 4) is 16.5 Å². The summed E-state index contributed by atoms with van der Waals surface area (Å²) in [5, 5.41) is 9.57. The van der Waals surface area contributed by atoms with E-state index in [4.69, 9.17) is 20.9 Å². The zero-order valence-electron chi connectivity index (χ0n) is 16.4. The highest BCUT2D eigenvalue weighted by Crippen LogP contribution is 2.24. The lowest BCUT2D eigenvalue weighted by Crippen LogP contribution is -2.43. The number of nitrogens with one attached hydrogen (secondary N) is 1. The van der Waals surface area contributed by atoms with Gasteiger partial charge in [0.15, 0.2) is 0 Å². The Labute approximate surface area is 184 Å². The smallest absolute Gasteiger partial charge is 0.241 e. The molecule has 0 saturated carbocycles. The number of likely N-dealkylation sites (tertiary alicyclic amines) is 1. The molecule has 2 aromatic heterocycles. The van der Waals surface area contributed by atoms with Crippen LogP contribution in [0, 0.1) is 5.92 Å². The van der Waals surface area contributed by atoms with Crippen molar-refractivity contribution in [1.82, 2.24) is 20.4 Å². The third-order valence-electron chi connectivity index (χ3n) is 4.94. The van der Waals surface area contributed by atoms with Gasteiger partial charge < -0.3 is 14.6 Å². The highest BCUT2D eigenvalue weighted by molar-refractivity contribution is 7.13. The SMILES string of the molecule is O=C(NCCOc1ccccc1Cl)C1CCCN(Cc2nc(-c3cccs3)no2)C1. The molecule has 30 heavy (non-hydrogen) atoms. The molecule has 4 rings (SSSR count). The van der Waals surface area contributed by atoms with Gasteiger partial charge in [0.1, 0.15) is 12.4 Å². The zero-order valence-corrected chi connectivity index (χ0v) is 18.0. The molecule has 1 atom stereocenters. The monoisotopic (exact) mass is 446 g/mol. The summed E-state index contributed by atoms with van der Waals surface area (Å²) in [5.41, 5.74) is 0. The molecule has 0 spiro atoms. The van der Waals surface area contributed by atoms with Crippen LogP contribution in [0.1, 0.15) is 18.7 Å². The molecule has 3 heterocycles. The molecule has 1 saturated heterocycles. The van der Waals surface area contributed by atoms with E-state index in [1.807, 2.05) is 35.7 Å². The Bertz CT molecular complexity index is 963. The van der Waals surface area contributed by atoms with Crippen molar-refractivity contribution < 1.29 is 14.1 Å². The van der Waals surface area contributed by atoms with E-state index >= 15 is 0 Å². The molecule has 7 nitrogen and oxygen atoms in total. The highest BCUT2D eigenvalue weighted by atomic mass is 35.5. The van der Waals surface area contributed by atoms with Crippen LogP contribution < -0.4 is 10.1 Å². The second-order valence-corrected chi connectivity index (χ2v) is 8.49. The van der Waals surface area contributed by atoms with Gasteiger partial charge in [-0.2, -0.15) is 4.98 Å². The first-order valence-electron chi connectivity index (χ1n) is 9.93. The van der Waals surface area contributed by atoms with Crippen LogP contribution in [0.4, 0.5) is 0 Å². The molecule has 9 heteroatoms. The summed E-state index contributed by atoms with van der Waals surface area (Å²) < 4.78 is 11.0. The first kappa shape index (κ1) is 20.8. The van der Waals surface area contributed by atoms with Crippen LogP contribution in [-0.2, 0) is 11.3 Å². The van der Waals surface area contributed by atoms with Gasteiger partial charge in [0.05, 0.1) is 28.9 Å². The number of thiophene rings is 1. The number of rotatable bonds is 8. The van der Waals surface area contributed by atoms with Gasteiger partial charge in [0.25, 0.3) is 0 Å². The standard InChI is InChI=1S/C21H23ClN4O3S/c22-16-6-1-2-7-17(16)28-11-9-23-21(27)15-5-3-10-26(13-15)14-19-24-20(25-29-19)18-8-4-12-30-18/h1-2,4,6-8,12,15H,3,5,9-11,13-14H2,(H,23,27). The van der Waals surface area contributed by atoms with Crippen LogP contribution in [-0.4, -0.2) is 47.2 Å². The molecule has 1 N–H and O–H groups in total. The minimum atomic E-state index is -0.0567. The summed E-state index contributed by atoms with van der Waals surface area (Å²) in [5.74, 6) is 1.81. The molecule has 0 aliphatic carbocycles. The average Bonchev–Trinajstić information content (AvgIpc) is 3.44. The number of hydrogen-bond donors (Lipinski definition) is 1. The number of piperidine rings is 1. The Kier molecular flexibility index (Phi) is 6.99. The number of carbonyl (C=O) groups excluding carboxylic acids is 1. The minimum Gasteiger partial charge on any atom is -0.490 e. The lowest BCUT2D eigenvalue weighted by Gasteiger charge is -2.30. The molecular weight excluding hydrogens is 424 g/mol. The number of halogens is 1. The molecule has 1 unspecified atom stereocenters. The maximum absolute atomic E-state index is 12.6. The van der Waals surface area contributed by atoms with E-state index in [1.165, 1.54) is 0 Å². The molecule has 1 amide bonds.